The minimum absolute atomic E-state index is 0.122. The third-order valence-electron chi connectivity index (χ3n) is 5.25. The molecule has 3 N–H and O–H groups in total. The Morgan fingerprint density at radius 3 is 2.84 bits per heavy atom. The van der Waals surface area contributed by atoms with E-state index in [1.807, 2.05) is 13.0 Å². The minimum Gasteiger partial charge on any atom is -0.396 e. The molecule has 3 aromatic rings. The number of nitrogens with two attached hydrogens (primary N) is 1. The van der Waals surface area contributed by atoms with Crippen LogP contribution in [0, 0.1) is 24.5 Å². The van der Waals surface area contributed by atoms with E-state index in [-0.39, 0.29) is 34.7 Å². The Kier molecular flexibility index (Phi) is 5.75. The summed E-state index contributed by atoms with van der Waals surface area (Å²) in [7, 11) is 0. The monoisotopic (exact) mass is 424 g/mol. The van der Waals surface area contributed by atoms with Crippen molar-refractivity contribution in [3.63, 3.8) is 0 Å². The number of benzene rings is 1. The number of nitrogen functional groups attached to an aromatic ring is 1. The Balaban J connectivity index is 1.44. The van der Waals surface area contributed by atoms with Crippen LogP contribution in [0.2, 0.25) is 0 Å². The first-order valence-electron chi connectivity index (χ1n) is 9.95. The van der Waals surface area contributed by atoms with Gasteiger partial charge in [-0.15, -0.1) is 0 Å². The summed E-state index contributed by atoms with van der Waals surface area (Å²) in [6.45, 7) is 3.08. The Morgan fingerprint density at radius 2 is 2.06 bits per heavy atom. The zero-order valence-electron chi connectivity index (χ0n) is 17.0. The number of amides is 2. The standard InChI is InChI=1S/C22H22F2N6O/c1-13-6-8-26-20(27-13)10-14-7-9-30(12-14)22(31)29-21-18(25)4-5-19(28-21)16-3-2-15(23)11-17(16)24/h2-6,8,11,14H,7,9-10,12,25H2,1H3,(H,28,29,31). The lowest BCUT2D eigenvalue weighted by Crippen LogP contribution is -2.33. The van der Waals surface area contributed by atoms with Gasteiger partial charge in [-0.05, 0) is 49.6 Å². The van der Waals surface area contributed by atoms with E-state index in [2.05, 4.69) is 20.3 Å². The van der Waals surface area contributed by atoms with Crippen LogP contribution in [0.3, 0.4) is 0 Å². The number of halogens is 2. The summed E-state index contributed by atoms with van der Waals surface area (Å²) >= 11 is 0. The van der Waals surface area contributed by atoms with Gasteiger partial charge in [0.05, 0.1) is 11.4 Å². The molecule has 4 rings (SSSR count). The van der Waals surface area contributed by atoms with Gasteiger partial charge in [0.25, 0.3) is 0 Å². The van der Waals surface area contributed by atoms with Crippen molar-refractivity contribution in [3.05, 3.63) is 65.7 Å². The maximum absolute atomic E-state index is 14.1. The highest BCUT2D eigenvalue weighted by atomic mass is 19.1. The molecule has 0 radical (unpaired) electrons. The Bertz CT molecular complexity index is 1120. The molecule has 1 aliphatic rings. The topological polar surface area (TPSA) is 97.0 Å². The lowest BCUT2D eigenvalue weighted by atomic mass is 10.0. The van der Waals surface area contributed by atoms with E-state index in [1.54, 1.807) is 11.1 Å². The highest BCUT2D eigenvalue weighted by molar-refractivity contribution is 5.92. The van der Waals surface area contributed by atoms with Crippen LogP contribution >= 0.6 is 0 Å². The summed E-state index contributed by atoms with van der Waals surface area (Å²) in [6, 6.07) is 7.81. The molecule has 1 aliphatic heterocycles. The van der Waals surface area contributed by atoms with Gasteiger partial charge in [0.2, 0.25) is 0 Å². The molecule has 7 nitrogen and oxygen atoms in total. The van der Waals surface area contributed by atoms with Gasteiger partial charge >= 0.3 is 6.03 Å². The van der Waals surface area contributed by atoms with Crippen molar-refractivity contribution in [1.82, 2.24) is 19.9 Å². The van der Waals surface area contributed by atoms with Crippen LogP contribution in [0.5, 0.6) is 0 Å². The summed E-state index contributed by atoms with van der Waals surface area (Å²) in [6.07, 6.45) is 3.28. The molecule has 3 heterocycles. The van der Waals surface area contributed by atoms with Gasteiger partial charge in [-0.2, -0.15) is 0 Å². The van der Waals surface area contributed by atoms with Gasteiger partial charge in [0, 0.05) is 43.0 Å². The zero-order valence-corrected chi connectivity index (χ0v) is 17.0. The minimum atomic E-state index is -0.740. The largest absolute Gasteiger partial charge is 0.396 e. The first kappa shape index (κ1) is 20.6. The van der Waals surface area contributed by atoms with E-state index in [1.165, 1.54) is 18.2 Å². The van der Waals surface area contributed by atoms with Gasteiger partial charge in [-0.25, -0.2) is 28.5 Å². The van der Waals surface area contributed by atoms with Crippen molar-refractivity contribution in [2.75, 3.05) is 24.1 Å². The predicted molar refractivity (Wildman–Crippen MR) is 113 cm³/mol. The Hall–Kier alpha value is -3.62. The fourth-order valence-corrected chi connectivity index (χ4v) is 3.64. The Labute approximate surface area is 178 Å². The molecule has 1 atom stereocenters. The number of aromatic nitrogens is 3. The molecule has 0 saturated carbocycles. The number of aryl methyl sites for hydroxylation is 1. The van der Waals surface area contributed by atoms with Crippen molar-refractivity contribution in [2.24, 2.45) is 5.92 Å². The third-order valence-corrected chi connectivity index (χ3v) is 5.25. The maximum atomic E-state index is 14.1. The molecular weight excluding hydrogens is 402 g/mol. The number of carbonyl (C=O) groups excluding carboxylic acids is 1. The van der Waals surface area contributed by atoms with Crippen LogP contribution in [0.25, 0.3) is 11.3 Å². The van der Waals surface area contributed by atoms with Gasteiger partial charge in [-0.1, -0.05) is 0 Å². The van der Waals surface area contributed by atoms with E-state index in [0.717, 1.165) is 30.1 Å². The molecule has 1 fully saturated rings. The molecule has 0 bridgehead atoms. The van der Waals surface area contributed by atoms with Crippen molar-refractivity contribution >= 4 is 17.5 Å². The van der Waals surface area contributed by atoms with Gasteiger partial charge in [0.15, 0.2) is 5.82 Å². The molecule has 2 aromatic heterocycles. The van der Waals surface area contributed by atoms with Crippen LogP contribution in [-0.2, 0) is 6.42 Å². The maximum Gasteiger partial charge on any atom is 0.323 e. The van der Waals surface area contributed by atoms with E-state index in [0.29, 0.717) is 19.5 Å². The van der Waals surface area contributed by atoms with Crippen molar-refractivity contribution in [2.45, 2.75) is 19.8 Å². The molecule has 0 aliphatic carbocycles. The highest BCUT2D eigenvalue weighted by Crippen LogP contribution is 2.27. The summed E-state index contributed by atoms with van der Waals surface area (Å²) in [5.74, 6) is -0.249. The lowest BCUT2D eigenvalue weighted by Gasteiger charge is -2.18. The number of carbonyl (C=O) groups is 1. The molecule has 1 aromatic carbocycles. The van der Waals surface area contributed by atoms with E-state index >= 15 is 0 Å². The molecule has 2 amide bonds. The second-order valence-corrected chi connectivity index (χ2v) is 7.61. The quantitative estimate of drug-likeness (QED) is 0.664. The normalized spacial score (nSPS) is 15.8. The second kappa shape index (κ2) is 8.63. The van der Waals surface area contributed by atoms with Gasteiger partial charge in [0.1, 0.15) is 17.5 Å². The van der Waals surface area contributed by atoms with Crippen LogP contribution in [0.1, 0.15) is 17.9 Å². The summed E-state index contributed by atoms with van der Waals surface area (Å²) in [5, 5.41) is 2.71. The fraction of sp³-hybridized carbons (Fsp3) is 0.273. The molecule has 1 saturated heterocycles. The number of pyridine rings is 1. The SMILES string of the molecule is Cc1ccnc(CC2CCN(C(=O)Nc3nc(-c4ccc(F)cc4F)ccc3N)C2)n1. The summed E-state index contributed by atoms with van der Waals surface area (Å²) in [5.41, 5.74) is 7.49. The van der Waals surface area contributed by atoms with Gasteiger partial charge in [-0.3, -0.25) is 5.32 Å². The number of hydrogen-bond acceptors (Lipinski definition) is 5. The van der Waals surface area contributed by atoms with E-state index < -0.39 is 11.6 Å². The summed E-state index contributed by atoms with van der Waals surface area (Å²) < 4.78 is 27.3. The number of urea groups is 1. The molecular formula is C22H22F2N6O. The number of nitrogens with zero attached hydrogens (tertiary/aromatic N) is 4. The van der Waals surface area contributed by atoms with Gasteiger partial charge < -0.3 is 10.6 Å². The smallest absolute Gasteiger partial charge is 0.323 e. The number of likely N-dealkylation sites (tertiary alicyclic amines) is 1. The van der Waals surface area contributed by atoms with Crippen molar-refractivity contribution in [3.8, 4) is 11.3 Å². The molecule has 9 heteroatoms. The average molecular weight is 424 g/mol. The lowest BCUT2D eigenvalue weighted by molar-refractivity contribution is 0.220. The predicted octanol–water partition coefficient (Wildman–Crippen LogP) is 3.80. The van der Waals surface area contributed by atoms with Crippen LogP contribution < -0.4 is 11.1 Å². The Morgan fingerprint density at radius 1 is 1.23 bits per heavy atom. The number of nitrogens with one attached hydrogen (secondary N) is 1. The molecule has 0 spiro atoms. The van der Waals surface area contributed by atoms with E-state index in [4.69, 9.17) is 5.73 Å². The summed E-state index contributed by atoms with van der Waals surface area (Å²) in [4.78, 5) is 27.4. The van der Waals surface area contributed by atoms with Crippen molar-refractivity contribution in [1.29, 1.82) is 0 Å². The van der Waals surface area contributed by atoms with Crippen LogP contribution in [0.4, 0.5) is 25.1 Å². The fourth-order valence-electron chi connectivity index (χ4n) is 3.64. The van der Waals surface area contributed by atoms with Crippen LogP contribution in [0.15, 0.2) is 42.6 Å². The highest BCUT2D eigenvalue weighted by Gasteiger charge is 2.27. The van der Waals surface area contributed by atoms with Crippen molar-refractivity contribution < 1.29 is 13.6 Å². The first-order chi connectivity index (χ1) is 14.9. The van der Waals surface area contributed by atoms with Crippen LogP contribution in [-0.4, -0.2) is 39.0 Å². The molecule has 31 heavy (non-hydrogen) atoms. The van der Waals surface area contributed by atoms with E-state index in [9.17, 15) is 13.6 Å². The first-order valence-corrected chi connectivity index (χ1v) is 9.95. The third kappa shape index (κ3) is 4.76. The second-order valence-electron chi connectivity index (χ2n) is 7.61. The molecule has 160 valence electrons. The number of hydrogen-bond donors (Lipinski definition) is 2. The average Bonchev–Trinajstić information content (AvgIpc) is 3.18. The molecule has 1 unspecified atom stereocenters. The zero-order chi connectivity index (χ0) is 22.0. The number of rotatable bonds is 4. The number of anilines is 2.